The second-order valence-corrected chi connectivity index (χ2v) is 7.46. The SMILES string of the molecule is CC(=O)c1ccc2c(c1)N(C(C)C)C(=O)C(C)S2(=O)=O. The van der Waals surface area contributed by atoms with Gasteiger partial charge in [-0.3, -0.25) is 9.59 Å². The molecule has 1 atom stereocenters. The maximum atomic E-state index is 12.3. The van der Waals surface area contributed by atoms with Gasteiger partial charge in [-0.2, -0.15) is 0 Å². The van der Waals surface area contributed by atoms with E-state index in [4.69, 9.17) is 0 Å². The molecule has 0 fully saturated rings. The molecule has 6 heteroatoms. The Kier molecular flexibility index (Phi) is 3.46. The molecule has 1 amide bonds. The van der Waals surface area contributed by atoms with E-state index in [0.717, 1.165) is 0 Å². The number of amides is 1. The lowest BCUT2D eigenvalue weighted by atomic mass is 10.1. The van der Waals surface area contributed by atoms with E-state index >= 15 is 0 Å². The average Bonchev–Trinajstić information content (AvgIpc) is 2.35. The first-order valence-corrected chi connectivity index (χ1v) is 7.94. The minimum atomic E-state index is -3.68. The number of hydrogen-bond donors (Lipinski definition) is 0. The molecule has 0 aliphatic carbocycles. The smallest absolute Gasteiger partial charge is 0.245 e. The van der Waals surface area contributed by atoms with Crippen molar-refractivity contribution in [2.45, 2.75) is 43.9 Å². The molecule has 1 aliphatic rings. The van der Waals surface area contributed by atoms with Crippen LogP contribution in [0.3, 0.4) is 0 Å². The van der Waals surface area contributed by atoms with E-state index < -0.39 is 21.0 Å². The molecular formula is C14H17NO4S. The van der Waals surface area contributed by atoms with Gasteiger partial charge in [-0.05, 0) is 45.9 Å². The fourth-order valence-corrected chi connectivity index (χ4v) is 3.80. The van der Waals surface area contributed by atoms with Crippen molar-refractivity contribution in [2.75, 3.05) is 4.90 Å². The zero-order valence-electron chi connectivity index (χ0n) is 11.9. The maximum Gasteiger partial charge on any atom is 0.245 e. The van der Waals surface area contributed by atoms with E-state index in [1.165, 1.54) is 36.9 Å². The van der Waals surface area contributed by atoms with Crippen LogP contribution >= 0.6 is 0 Å². The maximum absolute atomic E-state index is 12.3. The van der Waals surface area contributed by atoms with Gasteiger partial charge in [0, 0.05) is 11.6 Å². The predicted molar refractivity (Wildman–Crippen MR) is 75.7 cm³/mol. The van der Waals surface area contributed by atoms with E-state index in [1.54, 1.807) is 0 Å². The number of hydrogen-bond acceptors (Lipinski definition) is 4. The van der Waals surface area contributed by atoms with Crippen LogP contribution < -0.4 is 4.90 Å². The van der Waals surface area contributed by atoms with Gasteiger partial charge < -0.3 is 4.90 Å². The largest absolute Gasteiger partial charge is 0.307 e. The second kappa shape index (κ2) is 4.70. The van der Waals surface area contributed by atoms with E-state index in [-0.39, 0.29) is 16.7 Å². The quantitative estimate of drug-likeness (QED) is 0.780. The fourth-order valence-electron chi connectivity index (χ4n) is 2.34. The summed E-state index contributed by atoms with van der Waals surface area (Å²) in [4.78, 5) is 25.3. The van der Waals surface area contributed by atoms with Gasteiger partial charge in [-0.15, -0.1) is 0 Å². The average molecular weight is 295 g/mol. The third-order valence-electron chi connectivity index (χ3n) is 3.50. The summed E-state index contributed by atoms with van der Waals surface area (Å²) < 4.78 is 24.7. The molecule has 0 bridgehead atoms. The van der Waals surface area contributed by atoms with Gasteiger partial charge in [0.2, 0.25) is 5.91 Å². The number of sulfone groups is 1. The second-order valence-electron chi connectivity index (χ2n) is 5.23. The Labute approximate surface area is 118 Å². The molecule has 1 heterocycles. The molecule has 0 radical (unpaired) electrons. The Hall–Kier alpha value is -1.69. The minimum Gasteiger partial charge on any atom is -0.307 e. The highest BCUT2D eigenvalue weighted by molar-refractivity contribution is 7.93. The number of nitrogens with zero attached hydrogens (tertiary/aromatic N) is 1. The molecule has 1 aromatic carbocycles. The normalized spacial score (nSPS) is 20.9. The van der Waals surface area contributed by atoms with Crippen molar-refractivity contribution in [2.24, 2.45) is 0 Å². The van der Waals surface area contributed by atoms with Crippen LogP contribution in [0, 0.1) is 0 Å². The topological polar surface area (TPSA) is 71.5 Å². The number of carbonyl (C=O) groups is 2. The van der Waals surface area contributed by atoms with Gasteiger partial charge in [0.25, 0.3) is 0 Å². The molecular weight excluding hydrogens is 278 g/mol. The van der Waals surface area contributed by atoms with Gasteiger partial charge in [0.05, 0.1) is 10.6 Å². The number of benzene rings is 1. The number of ketones is 1. The number of anilines is 1. The van der Waals surface area contributed by atoms with Gasteiger partial charge >= 0.3 is 0 Å². The third kappa shape index (κ3) is 2.04. The van der Waals surface area contributed by atoms with Crippen LogP contribution in [0.4, 0.5) is 5.69 Å². The molecule has 20 heavy (non-hydrogen) atoms. The van der Waals surface area contributed by atoms with Gasteiger partial charge in [-0.1, -0.05) is 0 Å². The Balaban J connectivity index is 2.78. The van der Waals surface area contributed by atoms with Crippen LogP contribution in [0.5, 0.6) is 0 Å². The highest BCUT2D eigenvalue weighted by Gasteiger charge is 2.42. The van der Waals surface area contributed by atoms with E-state index in [2.05, 4.69) is 0 Å². The fraction of sp³-hybridized carbons (Fsp3) is 0.429. The molecule has 5 nitrogen and oxygen atoms in total. The van der Waals surface area contributed by atoms with Crippen LogP contribution in [0.25, 0.3) is 0 Å². The summed E-state index contributed by atoms with van der Waals surface area (Å²) in [6, 6.07) is 4.21. The molecule has 0 saturated carbocycles. The van der Waals surface area contributed by atoms with E-state index in [0.29, 0.717) is 11.3 Å². The summed E-state index contributed by atoms with van der Waals surface area (Å²) in [6.45, 7) is 6.43. The molecule has 0 saturated heterocycles. The van der Waals surface area contributed by atoms with E-state index in [1.807, 2.05) is 13.8 Å². The van der Waals surface area contributed by atoms with Crippen LogP contribution in [0.1, 0.15) is 38.1 Å². The van der Waals surface area contributed by atoms with Crippen LogP contribution in [0.15, 0.2) is 23.1 Å². The Morgan fingerprint density at radius 1 is 1.30 bits per heavy atom. The van der Waals surface area contributed by atoms with Gasteiger partial charge in [-0.25, -0.2) is 8.42 Å². The first kappa shape index (κ1) is 14.7. The molecule has 108 valence electrons. The zero-order chi connectivity index (χ0) is 15.2. The van der Waals surface area contributed by atoms with Crippen LogP contribution in [-0.4, -0.2) is 31.4 Å². The Morgan fingerprint density at radius 2 is 1.90 bits per heavy atom. The molecule has 2 rings (SSSR count). The van der Waals surface area contributed by atoms with Crippen LogP contribution in [0.2, 0.25) is 0 Å². The predicted octanol–water partition coefficient (Wildman–Crippen LogP) is 1.81. The summed E-state index contributed by atoms with van der Waals surface area (Å²) in [6.07, 6.45) is 0. The molecule has 1 unspecified atom stereocenters. The van der Waals surface area contributed by atoms with Crippen molar-refractivity contribution in [1.29, 1.82) is 0 Å². The summed E-state index contributed by atoms with van der Waals surface area (Å²) in [5, 5.41) is -1.10. The standard InChI is InChI=1S/C14H17NO4S/c1-8(2)15-12-7-11(9(3)16)5-6-13(12)20(18,19)10(4)14(15)17/h5-8,10H,1-4H3. The monoisotopic (exact) mass is 295 g/mol. The highest BCUT2D eigenvalue weighted by atomic mass is 32.2. The van der Waals surface area contributed by atoms with Crippen molar-refractivity contribution in [3.63, 3.8) is 0 Å². The van der Waals surface area contributed by atoms with Crippen molar-refractivity contribution in [3.05, 3.63) is 23.8 Å². The number of rotatable bonds is 2. The zero-order valence-corrected chi connectivity index (χ0v) is 12.7. The molecule has 1 aliphatic heterocycles. The molecule has 1 aromatic rings. The van der Waals surface area contributed by atoms with E-state index in [9.17, 15) is 18.0 Å². The first-order chi connectivity index (χ1) is 9.17. The van der Waals surface area contributed by atoms with Crippen molar-refractivity contribution in [1.82, 2.24) is 0 Å². The number of fused-ring (bicyclic) bond motifs is 1. The van der Waals surface area contributed by atoms with Crippen molar-refractivity contribution < 1.29 is 18.0 Å². The summed E-state index contributed by atoms with van der Waals surface area (Å²) in [5.74, 6) is -0.617. The molecule has 0 aromatic heterocycles. The number of Topliss-reactive ketones (excluding diaryl/α,β-unsaturated/α-hetero) is 1. The Morgan fingerprint density at radius 3 is 2.40 bits per heavy atom. The highest BCUT2D eigenvalue weighted by Crippen LogP contribution is 2.36. The van der Waals surface area contributed by atoms with Crippen molar-refractivity contribution in [3.8, 4) is 0 Å². The lowest BCUT2D eigenvalue weighted by molar-refractivity contribution is -0.118. The van der Waals surface area contributed by atoms with Gasteiger partial charge in [0.15, 0.2) is 15.6 Å². The summed E-state index contributed by atoms with van der Waals surface area (Å²) in [7, 11) is -3.68. The first-order valence-electron chi connectivity index (χ1n) is 6.40. The minimum absolute atomic E-state index is 0.114. The third-order valence-corrected chi connectivity index (χ3v) is 5.59. The molecule has 0 spiro atoms. The lowest BCUT2D eigenvalue weighted by Gasteiger charge is -2.35. The van der Waals surface area contributed by atoms with Gasteiger partial charge in [0.1, 0.15) is 5.25 Å². The lowest BCUT2D eigenvalue weighted by Crippen LogP contribution is -2.49. The summed E-state index contributed by atoms with van der Waals surface area (Å²) >= 11 is 0. The Bertz CT molecular complexity index is 691. The van der Waals surface area contributed by atoms with Crippen LogP contribution in [-0.2, 0) is 14.6 Å². The molecule has 0 N–H and O–H groups in total. The number of carbonyl (C=O) groups excluding carboxylic acids is 2. The summed E-state index contributed by atoms with van der Waals surface area (Å²) in [5.41, 5.74) is 0.697. The van der Waals surface area contributed by atoms with Crippen molar-refractivity contribution >= 4 is 27.2 Å².